The summed E-state index contributed by atoms with van der Waals surface area (Å²) in [6.45, 7) is 1.66. The van der Waals surface area contributed by atoms with Gasteiger partial charge in [0.1, 0.15) is 5.82 Å². The average Bonchev–Trinajstić information content (AvgIpc) is 2.86. The lowest BCUT2D eigenvalue weighted by Gasteiger charge is -2.04. The Bertz CT molecular complexity index is 841. The highest BCUT2D eigenvalue weighted by Gasteiger charge is 2.11. The van der Waals surface area contributed by atoms with Gasteiger partial charge >= 0.3 is 0 Å². The van der Waals surface area contributed by atoms with Crippen LogP contribution in [-0.2, 0) is 0 Å². The Balaban J connectivity index is 1.87. The first kappa shape index (κ1) is 13.6. The van der Waals surface area contributed by atoms with Crippen LogP contribution in [0.3, 0.4) is 0 Å². The maximum atomic E-state index is 13.2. The van der Waals surface area contributed by atoms with Gasteiger partial charge in [-0.3, -0.25) is 4.79 Å². The van der Waals surface area contributed by atoms with E-state index < -0.39 is 0 Å². The van der Waals surface area contributed by atoms with Crippen LogP contribution in [0, 0.1) is 12.7 Å². The van der Waals surface area contributed by atoms with E-state index in [9.17, 15) is 9.18 Å². The van der Waals surface area contributed by atoms with E-state index in [-0.39, 0.29) is 11.7 Å². The van der Waals surface area contributed by atoms with Crippen LogP contribution < -0.4 is 11.1 Å². The third-order valence-electron chi connectivity index (χ3n) is 3.18. The molecule has 1 amide bonds. The van der Waals surface area contributed by atoms with Gasteiger partial charge in [-0.15, -0.1) is 11.3 Å². The van der Waals surface area contributed by atoms with Crippen LogP contribution in [-0.4, -0.2) is 5.91 Å². The van der Waals surface area contributed by atoms with Gasteiger partial charge in [0.25, 0.3) is 5.91 Å². The molecule has 0 saturated carbocycles. The molecule has 0 spiro atoms. The zero-order valence-corrected chi connectivity index (χ0v) is 12.1. The number of anilines is 2. The first-order valence-corrected chi connectivity index (χ1v) is 7.21. The van der Waals surface area contributed by atoms with E-state index in [1.165, 1.54) is 17.4 Å². The molecule has 0 bridgehead atoms. The van der Waals surface area contributed by atoms with Crippen molar-refractivity contribution in [3.05, 3.63) is 58.7 Å². The number of thiophene rings is 1. The van der Waals surface area contributed by atoms with E-state index in [1.54, 1.807) is 19.1 Å². The number of nitrogens with two attached hydrogens (primary N) is 1. The third-order valence-corrected chi connectivity index (χ3v) is 4.29. The van der Waals surface area contributed by atoms with Crippen LogP contribution in [0.2, 0.25) is 0 Å². The van der Waals surface area contributed by atoms with Crippen molar-refractivity contribution in [2.75, 3.05) is 11.1 Å². The summed E-state index contributed by atoms with van der Waals surface area (Å²) in [6.07, 6.45) is 0. The van der Waals surface area contributed by atoms with Gasteiger partial charge in [0.15, 0.2) is 0 Å². The number of fused-ring (bicyclic) bond motifs is 1. The zero-order chi connectivity index (χ0) is 15.0. The minimum absolute atomic E-state index is 0.208. The molecule has 0 unspecified atom stereocenters. The number of nitrogen functional groups attached to an aromatic ring is 1. The molecule has 3 nitrogen and oxygen atoms in total. The Labute approximate surface area is 125 Å². The summed E-state index contributed by atoms with van der Waals surface area (Å²) in [7, 11) is 0. The van der Waals surface area contributed by atoms with Crippen LogP contribution in [0.25, 0.3) is 10.1 Å². The number of hydrogen-bond acceptors (Lipinski definition) is 3. The Morgan fingerprint density at radius 2 is 2.00 bits per heavy atom. The first-order valence-electron chi connectivity index (χ1n) is 6.39. The van der Waals surface area contributed by atoms with E-state index in [4.69, 9.17) is 5.73 Å². The van der Waals surface area contributed by atoms with E-state index in [0.29, 0.717) is 21.8 Å². The van der Waals surface area contributed by atoms with Gasteiger partial charge in [-0.25, -0.2) is 4.39 Å². The Hall–Kier alpha value is -2.40. The highest BCUT2D eigenvalue weighted by atomic mass is 32.1. The number of benzene rings is 2. The van der Waals surface area contributed by atoms with Crippen LogP contribution in [0.15, 0.2) is 42.5 Å². The molecule has 0 atom stereocenters. The zero-order valence-electron chi connectivity index (χ0n) is 11.3. The molecular weight excluding hydrogens is 287 g/mol. The highest BCUT2D eigenvalue weighted by molar-refractivity contribution is 7.20. The predicted octanol–water partition coefficient (Wildman–Crippen LogP) is 4.18. The average molecular weight is 300 g/mol. The van der Waals surface area contributed by atoms with Crippen molar-refractivity contribution in [1.82, 2.24) is 0 Å². The SMILES string of the molecule is Cc1cc(NC(=O)c2cc3cc(N)ccc3s2)ccc1F. The summed E-state index contributed by atoms with van der Waals surface area (Å²) < 4.78 is 14.2. The maximum Gasteiger partial charge on any atom is 0.265 e. The lowest BCUT2D eigenvalue weighted by Crippen LogP contribution is -2.10. The van der Waals surface area contributed by atoms with E-state index in [2.05, 4.69) is 5.32 Å². The number of rotatable bonds is 2. The highest BCUT2D eigenvalue weighted by Crippen LogP contribution is 2.28. The fourth-order valence-corrected chi connectivity index (χ4v) is 3.03. The molecule has 3 N–H and O–H groups in total. The summed E-state index contributed by atoms with van der Waals surface area (Å²) in [5.74, 6) is -0.494. The van der Waals surface area contributed by atoms with Crippen molar-refractivity contribution in [1.29, 1.82) is 0 Å². The summed E-state index contributed by atoms with van der Waals surface area (Å²) in [5, 5.41) is 3.72. The number of amides is 1. The standard InChI is InChI=1S/C16H13FN2OS/c1-9-6-12(3-4-13(9)17)19-16(20)15-8-10-7-11(18)2-5-14(10)21-15/h2-8H,18H2,1H3,(H,19,20). The van der Waals surface area contributed by atoms with E-state index >= 15 is 0 Å². The Morgan fingerprint density at radius 3 is 2.76 bits per heavy atom. The first-order chi connectivity index (χ1) is 10.0. The molecule has 1 aromatic heterocycles. The number of nitrogens with one attached hydrogen (secondary N) is 1. The van der Waals surface area contributed by atoms with Gasteiger partial charge in [0, 0.05) is 16.1 Å². The van der Waals surface area contributed by atoms with Gasteiger partial charge in [-0.05, 0) is 60.3 Å². The molecule has 5 heteroatoms. The number of carbonyl (C=O) groups is 1. The van der Waals surface area contributed by atoms with Crippen LogP contribution in [0.4, 0.5) is 15.8 Å². The molecule has 1 heterocycles. The van der Waals surface area contributed by atoms with Gasteiger partial charge in [-0.2, -0.15) is 0 Å². The van der Waals surface area contributed by atoms with Crippen LogP contribution in [0.5, 0.6) is 0 Å². The van der Waals surface area contributed by atoms with Crippen molar-refractivity contribution in [2.24, 2.45) is 0 Å². The number of halogens is 1. The Kier molecular flexibility index (Phi) is 3.35. The largest absolute Gasteiger partial charge is 0.399 e. The third kappa shape index (κ3) is 2.73. The molecule has 2 aromatic carbocycles. The van der Waals surface area contributed by atoms with Crippen molar-refractivity contribution in [3.63, 3.8) is 0 Å². The fourth-order valence-electron chi connectivity index (χ4n) is 2.09. The fraction of sp³-hybridized carbons (Fsp3) is 0.0625. The van der Waals surface area contributed by atoms with Gasteiger partial charge in [-0.1, -0.05) is 0 Å². The molecule has 0 radical (unpaired) electrons. The maximum absolute atomic E-state index is 13.2. The number of hydrogen-bond donors (Lipinski definition) is 2. The molecule has 0 aliphatic rings. The van der Waals surface area contributed by atoms with Gasteiger partial charge in [0.2, 0.25) is 0 Å². The molecular formula is C16H13FN2OS. The molecule has 0 aliphatic heterocycles. The smallest absolute Gasteiger partial charge is 0.265 e. The predicted molar refractivity (Wildman–Crippen MR) is 85.3 cm³/mol. The monoisotopic (exact) mass is 300 g/mol. The number of aryl methyl sites for hydroxylation is 1. The minimum atomic E-state index is -0.287. The topological polar surface area (TPSA) is 55.1 Å². The molecule has 21 heavy (non-hydrogen) atoms. The molecule has 0 fully saturated rings. The lowest BCUT2D eigenvalue weighted by atomic mass is 10.2. The summed E-state index contributed by atoms with van der Waals surface area (Å²) in [4.78, 5) is 12.8. The lowest BCUT2D eigenvalue weighted by molar-refractivity contribution is 0.103. The van der Waals surface area contributed by atoms with Gasteiger partial charge < -0.3 is 11.1 Å². The van der Waals surface area contributed by atoms with Crippen molar-refractivity contribution < 1.29 is 9.18 Å². The number of carbonyl (C=O) groups excluding carboxylic acids is 1. The second kappa shape index (κ2) is 5.18. The van der Waals surface area contributed by atoms with Gasteiger partial charge in [0.05, 0.1) is 4.88 Å². The molecule has 106 valence electrons. The molecule has 3 rings (SSSR count). The van der Waals surface area contributed by atoms with E-state index in [0.717, 1.165) is 10.1 Å². The molecule has 0 saturated heterocycles. The Morgan fingerprint density at radius 1 is 1.19 bits per heavy atom. The second-order valence-corrected chi connectivity index (χ2v) is 5.91. The summed E-state index contributed by atoms with van der Waals surface area (Å²) >= 11 is 1.40. The minimum Gasteiger partial charge on any atom is -0.399 e. The second-order valence-electron chi connectivity index (χ2n) is 4.83. The molecule has 0 aliphatic carbocycles. The van der Waals surface area contributed by atoms with Crippen molar-refractivity contribution in [2.45, 2.75) is 6.92 Å². The molecule has 3 aromatic rings. The summed E-state index contributed by atoms with van der Waals surface area (Å²) in [6, 6.07) is 11.9. The van der Waals surface area contributed by atoms with Crippen LogP contribution in [0.1, 0.15) is 15.2 Å². The van der Waals surface area contributed by atoms with Crippen molar-refractivity contribution in [3.8, 4) is 0 Å². The van der Waals surface area contributed by atoms with Crippen molar-refractivity contribution >= 4 is 38.7 Å². The normalized spacial score (nSPS) is 10.8. The van der Waals surface area contributed by atoms with E-state index in [1.807, 2.05) is 24.3 Å². The quantitative estimate of drug-likeness (QED) is 0.697. The van der Waals surface area contributed by atoms with Crippen LogP contribution >= 0.6 is 11.3 Å². The summed E-state index contributed by atoms with van der Waals surface area (Å²) in [5.41, 5.74) is 7.48.